The van der Waals surface area contributed by atoms with Gasteiger partial charge >= 0.3 is 11.9 Å². The van der Waals surface area contributed by atoms with Crippen molar-refractivity contribution in [3.8, 4) is 0 Å². The molecule has 0 aliphatic carbocycles. The van der Waals surface area contributed by atoms with Gasteiger partial charge in [-0.2, -0.15) is 0 Å². The highest BCUT2D eigenvalue weighted by atomic mass is 16.7. The van der Waals surface area contributed by atoms with E-state index in [9.17, 15) is 14.7 Å². The Kier molecular flexibility index (Phi) is 19.9. The van der Waals surface area contributed by atoms with Gasteiger partial charge in [0.15, 0.2) is 6.29 Å². The van der Waals surface area contributed by atoms with Crippen molar-refractivity contribution >= 4 is 11.9 Å². The van der Waals surface area contributed by atoms with Crippen LogP contribution in [0.3, 0.4) is 0 Å². The number of esters is 1. The van der Waals surface area contributed by atoms with Crippen LogP contribution in [0.2, 0.25) is 0 Å². The van der Waals surface area contributed by atoms with Crippen molar-refractivity contribution in [1.82, 2.24) is 0 Å². The van der Waals surface area contributed by atoms with E-state index < -0.39 is 18.2 Å². The van der Waals surface area contributed by atoms with Crippen molar-refractivity contribution in [3.05, 3.63) is 35.4 Å². The van der Waals surface area contributed by atoms with E-state index in [0.29, 0.717) is 13.2 Å². The van der Waals surface area contributed by atoms with Gasteiger partial charge < -0.3 is 19.3 Å². The molecule has 0 radical (unpaired) electrons. The Morgan fingerprint density at radius 3 is 1.53 bits per heavy atom. The monoisotopic (exact) mass is 506 g/mol. The number of hydrogen-bond donors (Lipinski definition) is 1. The number of carbonyl (C=O) groups is 2. The topological polar surface area (TPSA) is 82.1 Å². The maximum Gasteiger partial charge on any atom is 0.339 e. The largest absolute Gasteiger partial charge is 0.478 e. The molecule has 1 rings (SSSR count). The van der Waals surface area contributed by atoms with Crippen LogP contribution < -0.4 is 0 Å². The van der Waals surface area contributed by atoms with Crippen LogP contribution in [0.1, 0.15) is 137 Å². The van der Waals surface area contributed by atoms with E-state index in [1.54, 1.807) is 12.1 Å². The van der Waals surface area contributed by atoms with Crippen LogP contribution in [0, 0.1) is 0 Å². The van der Waals surface area contributed by atoms with Gasteiger partial charge in [0.05, 0.1) is 11.1 Å². The summed E-state index contributed by atoms with van der Waals surface area (Å²) in [7, 11) is 0. The highest BCUT2D eigenvalue weighted by molar-refractivity contribution is 6.02. The second-order valence-corrected chi connectivity index (χ2v) is 9.57. The highest BCUT2D eigenvalue weighted by Crippen LogP contribution is 2.13. The second-order valence-electron chi connectivity index (χ2n) is 9.57. The summed E-state index contributed by atoms with van der Waals surface area (Å²) in [5.41, 5.74) is -0.0337. The van der Waals surface area contributed by atoms with E-state index in [0.717, 1.165) is 25.7 Å². The molecule has 0 amide bonds. The van der Waals surface area contributed by atoms with Crippen molar-refractivity contribution in [3.63, 3.8) is 0 Å². The quantitative estimate of drug-likeness (QED) is 0.0864. The molecule has 206 valence electrons. The fourth-order valence-corrected chi connectivity index (χ4v) is 4.11. The van der Waals surface area contributed by atoms with Gasteiger partial charge in [0, 0.05) is 13.2 Å². The second kappa shape index (κ2) is 22.3. The average molecular weight is 507 g/mol. The number of carbonyl (C=O) groups excluding carboxylic acids is 1. The molecule has 0 aromatic heterocycles. The lowest BCUT2D eigenvalue weighted by Crippen LogP contribution is -2.27. The molecule has 6 heteroatoms. The molecular weight excluding hydrogens is 456 g/mol. The van der Waals surface area contributed by atoms with E-state index in [1.807, 2.05) is 0 Å². The summed E-state index contributed by atoms with van der Waals surface area (Å²) in [6.45, 7) is 5.51. The van der Waals surface area contributed by atoms with Crippen molar-refractivity contribution < 1.29 is 28.9 Å². The first-order chi connectivity index (χ1) is 17.6. The van der Waals surface area contributed by atoms with Crippen LogP contribution in [-0.2, 0) is 14.2 Å². The Balaban J connectivity index is 2.40. The molecule has 0 spiro atoms. The molecule has 0 bridgehead atoms. The molecule has 0 aliphatic rings. The van der Waals surface area contributed by atoms with E-state index >= 15 is 0 Å². The number of rotatable bonds is 24. The zero-order valence-corrected chi connectivity index (χ0v) is 22.8. The van der Waals surface area contributed by atoms with Gasteiger partial charge in [-0.05, 0) is 25.0 Å². The predicted octanol–water partition coefficient (Wildman–Crippen LogP) is 8.18. The minimum Gasteiger partial charge on any atom is -0.478 e. The molecule has 0 heterocycles. The molecule has 0 saturated carbocycles. The Bertz CT molecular complexity index is 668. The van der Waals surface area contributed by atoms with E-state index in [1.165, 1.54) is 89.2 Å². The fourth-order valence-electron chi connectivity index (χ4n) is 4.11. The molecule has 1 N–H and O–H groups in total. The Morgan fingerprint density at radius 1 is 0.667 bits per heavy atom. The third-order valence-corrected chi connectivity index (χ3v) is 6.33. The van der Waals surface area contributed by atoms with E-state index in [-0.39, 0.29) is 17.7 Å². The molecule has 6 nitrogen and oxygen atoms in total. The summed E-state index contributed by atoms with van der Waals surface area (Å²) in [4.78, 5) is 23.9. The summed E-state index contributed by atoms with van der Waals surface area (Å²) in [6.07, 6.45) is 18.8. The van der Waals surface area contributed by atoms with Gasteiger partial charge in [-0.15, -0.1) is 0 Å². The first-order valence-electron chi connectivity index (χ1n) is 14.3. The van der Waals surface area contributed by atoms with Crippen molar-refractivity contribution in [2.45, 2.75) is 123 Å². The number of benzene rings is 1. The fraction of sp³-hybridized carbons (Fsp3) is 0.733. The summed E-state index contributed by atoms with van der Waals surface area (Å²) in [5.74, 6) is -1.83. The summed E-state index contributed by atoms with van der Waals surface area (Å²) in [5, 5.41) is 9.33. The number of carboxylic acid groups (broad SMARTS) is 1. The SMILES string of the molecule is CCCCCCCCCCOC(COC(=O)c1ccccc1C(=O)O)OCCCCCCCCCC. The molecular formula is C30H50O6. The van der Waals surface area contributed by atoms with Gasteiger partial charge in [-0.3, -0.25) is 0 Å². The average Bonchev–Trinajstić information content (AvgIpc) is 2.89. The Hall–Kier alpha value is -1.92. The number of carboxylic acids is 1. The highest BCUT2D eigenvalue weighted by Gasteiger charge is 2.19. The maximum absolute atomic E-state index is 12.5. The normalized spacial score (nSPS) is 11.2. The molecule has 0 aliphatic heterocycles. The third kappa shape index (κ3) is 15.9. The van der Waals surface area contributed by atoms with Crippen molar-refractivity contribution in [2.75, 3.05) is 19.8 Å². The zero-order chi connectivity index (χ0) is 26.3. The van der Waals surface area contributed by atoms with Crippen LogP contribution in [0.25, 0.3) is 0 Å². The number of ether oxygens (including phenoxy) is 3. The lowest BCUT2D eigenvalue weighted by molar-refractivity contribution is -0.164. The zero-order valence-electron chi connectivity index (χ0n) is 22.8. The van der Waals surface area contributed by atoms with Gasteiger partial charge in [0.1, 0.15) is 6.61 Å². The third-order valence-electron chi connectivity index (χ3n) is 6.33. The smallest absolute Gasteiger partial charge is 0.339 e. The summed E-state index contributed by atoms with van der Waals surface area (Å²) in [6, 6.07) is 6.07. The van der Waals surface area contributed by atoms with Crippen LogP contribution in [0.15, 0.2) is 24.3 Å². The lowest BCUT2D eigenvalue weighted by atomic mass is 10.1. The molecule has 0 unspecified atom stereocenters. The summed E-state index contributed by atoms with van der Waals surface area (Å²) >= 11 is 0. The molecule has 0 saturated heterocycles. The van der Waals surface area contributed by atoms with Crippen LogP contribution in [-0.4, -0.2) is 43.2 Å². The van der Waals surface area contributed by atoms with Crippen LogP contribution in [0.4, 0.5) is 0 Å². The van der Waals surface area contributed by atoms with E-state index in [2.05, 4.69) is 13.8 Å². The molecule has 1 aromatic carbocycles. The molecule has 0 fully saturated rings. The molecule has 0 atom stereocenters. The Morgan fingerprint density at radius 2 is 1.08 bits per heavy atom. The minimum absolute atomic E-state index is 0.0369. The first kappa shape index (κ1) is 32.1. The lowest BCUT2D eigenvalue weighted by Gasteiger charge is -2.19. The minimum atomic E-state index is -1.16. The number of aromatic carboxylic acids is 1. The summed E-state index contributed by atoms with van der Waals surface area (Å²) < 4.78 is 17.2. The number of unbranched alkanes of at least 4 members (excludes halogenated alkanes) is 14. The van der Waals surface area contributed by atoms with Crippen molar-refractivity contribution in [1.29, 1.82) is 0 Å². The standard InChI is InChI=1S/C30H50O6/c1-3-5-7-9-11-13-15-19-23-34-28(35-24-20-16-14-12-10-8-6-4-2)25-36-30(33)27-22-18-17-21-26(27)29(31)32/h17-18,21-22,28H,3-16,19-20,23-25H2,1-2H3,(H,31,32). The van der Waals surface area contributed by atoms with Gasteiger partial charge in [0.2, 0.25) is 0 Å². The first-order valence-corrected chi connectivity index (χ1v) is 14.3. The van der Waals surface area contributed by atoms with E-state index in [4.69, 9.17) is 14.2 Å². The Labute approximate surface area is 219 Å². The van der Waals surface area contributed by atoms with Crippen LogP contribution in [0.5, 0.6) is 0 Å². The molecule has 36 heavy (non-hydrogen) atoms. The van der Waals surface area contributed by atoms with Gasteiger partial charge in [0.25, 0.3) is 0 Å². The maximum atomic E-state index is 12.5. The molecule has 1 aromatic rings. The number of hydrogen-bond acceptors (Lipinski definition) is 5. The van der Waals surface area contributed by atoms with Gasteiger partial charge in [-0.1, -0.05) is 116 Å². The van der Waals surface area contributed by atoms with Crippen molar-refractivity contribution in [2.24, 2.45) is 0 Å². The predicted molar refractivity (Wildman–Crippen MR) is 145 cm³/mol. The van der Waals surface area contributed by atoms with Gasteiger partial charge in [-0.25, -0.2) is 9.59 Å². The van der Waals surface area contributed by atoms with Crippen LogP contribution >= 0.6 is 0 Å².